The molecule has 42 heavy (non-hydrogen) atoms. The number of benzene rings is 2. The standard InChI is InChI=1S/C32H37BrFN5O2S/c1-3-37(4-2)16-17-39-27(20-29(36-39)24-10-12-25(33)13-11-24)21-41-19-18-38-30-7-5-6-28(30)31(40)35-32(38)42-22-23-8-14-26(34)15-9-23/h8-15,20H,3-7,16-19,21-22H2,1-2H3. The number of rotatable bonds is 14. The first kappa shape index (κ1) is 30.7. The van der Waals surface area contributed by atoms with Crippen LogP contribution >= 0.6 is 27.7 Å². The summed E-state index contributed by atoms with van der Waals surface area (Å²) in [5, 5.41) is 5.63. The van der Waals surface area contributed by atoms with Crippen molar-refractivity contribution in [2.75, 3.05) is 26.2 Å². The van der Waals surface area contributed by atoms with Crippen LogP contribution in [-0.2, 0) is 43.0 Å². The molecule has 0 fully saturated rings. The minimum Gasteiger partial charge on any atom is -0.373 e. The number of aromatic nitrogens is 4. The van der Waals surface area contributed by atoms with Crippen molar-refractivity contribution in [3.05, 3.63) is 97.8 Å². The molecule has 1 aliphatic rings. The molecule has 0 spiro atoms. The summed E-state index contributed by atoms with van der Waals surface area (Å²) >= 11 is 5.03. The van der Waals surface area contributed by atoms with E-state index in [9.17, 15) is 9.18 Å². The molecule has 222 valence electrons. The van der Waals surface area contributed by atoms with E-state index in [1.165, 1.54) is 23.9 Å². The highest BCUT2D eigenvalue weighted by Crippen LogP contribution is 2.27. The van der Waals surface area contributed by atoms with Gasteiger partial charge < -0.3 is 14.2 Å². The molecule has 0 saturated heterocycles. The first-order valence-corrected chi connectivity index (χ1v) is 16.4. The van der Waals surface area contributed by atoms with Crippen LogP contribution in [0.5, 0.6) is 0 Å². The van der Waals surface area contributed by atoms with E-state index in [1.807, 2.05) is 12.1 Å². The molecule has 1 aliphatic carbocycles. The van der Waals surface area contributed by atoms with Crippen LogP contribution in [0, 0.1) is 5.82 Å². The molecule has 0 amide bonds. The topological polar surface area (TPSA) is 65.2 Å². The SMILES string of the molecule is CCN(CC)CCn1nc(-c2ccc(Br)cc2)cc1COCCn1c(SCc2ccc(F)cc2)nc(=O)c2c1CCC2. The van der Waals surface area contributed by atoms with E-state index in [0.29, 0.717) is 30.7 Å². The van der Waals surface area contributed by atoms with Gasteiger partial charge in [-0.1, -0.05) is 65.8 Å². The van der Waals surface area contributed by atoms with Crippen molar-refractivity contribution >= 4 is 27.7 Å². The van der Waals surface area contributed by atoms with E-state index < -0.39 is 0 Å². The lowest BCUT2D eigenvalue weighted by Crippen LogP contribution is -2.28. The fraction of sp³-hybridized carbons (Fsp3) is 0.406. The van der Waals surface area contributed by atoms with E-state index >= 15 is 0 Å². The molecule has 5 rings (SSSR count). The Bertz CT molecular complexity index is 1530. The highest BCUT2D eigenvalue weighted by Gasteiger charge is 2.22. The fourth-order valence-corrected chi connectivity index (χ4v) is 6.55. The second kappa shape index (κ2) is 14.6. The number of nitrogens with zero attached hydrogens (tertiary/aromatic N) is 5. The van der Waals surface area contributed by atoms with E-state index in [4.69, 9.17) is 9.84 Å². The van der Waals surface area contributed by atoms with Crippen LogP contribution in [-0.4, -0.2) is 50.5 Å². The lowest BCUT2D eigenvalue weighted by atomic mass is 10.1. The monoisotopic (exact) mass is 653 g/mol. The summed E-state index contributed by atoms with van der Waals surface area (Å²) in [6.45, 7) is 9.60. The molecule has 2 aromatic heterocycles. The largest absolute Gasteiger partial charge is 0.373 e. The van der Waals surface area contributed by atoms with Gasteiger partial charge in [0.2, 0.25) is 0 Å². The Balaban J connectivity index is 1.29. The molecule has 7 nitrogen and oxygen atoms in total. The van der Waals surface area contributed by atoms with Crippen LogP contribution in [0.15, 0.2) is 69.0 Å². The summed E-state index contributed by atoms with van der Waals surface area (Å²) in [7, 11) is 0. The van der Waals surface area contributed by atoms with Gasteiger partial charge in [-0.25, -0.2) is 4.39 Å². The summed E-state index contributed by atoms with van der Waals surface area (Å²) in [6.07, 6.45) is 2.60. The minimum absolute atomic E-state index is 0.126. The van der Waals surface area contributed by atoms with Crippen LogP contribution in [0.1, 0.15) is 42.8 Å². The minimum atomic E-state index is -0.258. The molecule has 0 unspecified atom stereocenters. The summed E-state index contributed by atoms with van der Waals surface area (Å²) in [6, 6.07) is 16.8. The van der Waals surface area contributed by atoms with Crippen molar-refractivity contribution in [2.24, 2.45) is 0 Å². The van der Waals surface area contributed by atoms with E-state index in [2.05, 4.69) is 67.1 Å². The van der Waals surface area contributed by atoms with Crippen molar-refractivity contribution < 1.29 is 9.13 Å². The number of ether oxygens (including phenoxy) is 1. The van der Waals surface area contributed by atoms with Crippen molar-refractivity contribution in [1.82, 2.24) is 24.2 Å². The van der Waals surface area contributed by atoms with Gasteiger partial charge in [0.15, 0.2) is 5.16 Å². The lowest BCUT2D eigenvalue weighted by Gasteiger charge is -2.19. The number of hydrogen-bond acceptors (Lipinski definition) is 6. The van der Waals surface area contributed by atoms with Gasteiger partial charge in [0.25, 0.3) is 5.56 Å². The molecular formula is C32H37BrFN5O2S. The second-order valence-corrected chi connectivity index (χ2v) is 12.2. The van der Waals surface area contributed by atoms with Gasteiger partial charge in [-0.2, -0.15) is 10.1 Å². The molecule has 0 atom stereocenters. The molecule has 0 saturated carbocycles. The first-order valence-electron chi connectivity index (χ1n) is 14.6. The van der Waals surface area contributed by atoms with Gasteiger partial charge in [-0.3, -0.25) is 9.48 Å². The highest BCUT2D eigenvalue weighted by molar-refractivity contribution is 9.10. The molecule has 2 heterocycles. The van der Waals surface area contributed by atoms with Gasteiger partial charge >= 0.3 is 0 Å². The van der Waals surface area contributed by atoms with Crippen molar-refractivity contribution in [2.45, 2.75) is 63.7 Å². The lowest BCUT2D eigenvalue weighted by molar-refractivity contribution is 0.104. The van der Waals surface area contributed by atoms with Gasteiger partial charge in [0.05, 0.1) is 31.1 Å². The van der Waals surface area contributed by atoms with E-state index in [0.717, 1.165) is 83.7 Å². The van der Waals surface area contributed by atoms with Crippen LogP contribution in [0.25, 0.3) is 11.3 Å². The smallest absolute Gasteiger partial charge is 0.277 e. The predicted octanol–water partition coefficient (Wildman–Crippen LogP) is 6.35. The second-order valence-electron chi connectivity index (χ2n) is 10.4. The maximum atomic E-state index is 13.4. The Morgan fingerprint density at radius 3 is 2.55 bits per heavy atom. The average Bonchev–Trinajstić information content (AvgIpc) is 3.65. The third kappa shape index (κ3) is 7.58. The maximum Gasteiger partial charge on any atom is 0.277 e. The normalized spacial score (nSPS) is 12.8. The highest BCUT2D eigenvalue weighted by atomic mass is 79.9. The number of thioether (sulfide) groups is 1. The van der Waals surface area contributed by atoms with Gasteiger partial charge in [0, 0.05) is 40.1 Å². The number of fused-ring (bicyclic) bond motifs is 1. The average molecular weight is 655 g/mol. The van der Waals surface area contributed by atoms with E-state index in [1.54, 1.807) is 12.1 Å². The summed E-state index contributed by atoms with van der Waals surface area (Å²) in [5.41, 5.74) is 5.80. The van der Waals surface area contributed by atoms with Crippen molar-refractivity contribution in [1.29, 1.82) is 0 Å². The van der Waals surface area contributed by atoms with Crippen LogP contribution in [0.2, 0.25) is 0 Å². The molecule has 2 aromatic carbocycles. The first-order chi connectivity index (χ1) is 20.4. The van der Waals surface area contributed by atoms with Gasteiger partial charge in [-0.15, -0.1) is 0 Å². The van der Waals surface area contributed by atoms with Crippen LogP contribution in [0.4, 0.5) is 4.39 Å². The Morgan fingerprint density at radius 1 is 1.05 bits per heavy atom. The predicted molar refractivity (Wildman–Crippen MR) is 169 cm³/mol. The molecule has 10 heteroatoms. The zero-order chi connectivity index (χ0) is 29.5. The summed E-state index contributed by atoms with van der Waals surface area (Å²) < 4.78 is 24.9. The third-order valence-electron chi connectivity index (χ3n) is 7.72. The molecule has 0 bridgehead atoms. The molecule has 0 radical (unpaired) electrons. The fourth-order valence-electron chi connectivity index (χ4n) is 5.29. The number of hydrogen-bond donors (Lipinski definition) is 0. The molecule has 4 aromatic rings. The van der Waals surface area contributed by atoms with Crippen molar-refractivity contribution in [3.8, 4) is 11.3 Å². The van der Waals surface area contributed by atoms with Gasteiger partial charge in [0.1, 0.15) is 5.82 Å². The van der Waals surface area contributed by atoms with Crippen molar-refractivity contribution in [3.63, 3.8) is 0 Å². The Hall–Kier alpha value is -2.79. The van der Waals surface area contributed by atoms with E-state index in [-0.39, 0.29) is 11.4 Å². The van der Waals surface area contributed by atoms with Gasteiger partial charge in [-0.05, 0) is 68.2 Å². The number of likely N-dealkylation sites (N-methyl/N-ethyl adjacent to an activating group) is 1. The zero-order valence-corrected chi connectivity index (χ0v) is 26.6. The zero-order valence-electron chi connectivity index (χ0n) is 24.2. The third-order valence-corrected chi connectivity index (χ3v) is 9.29. The number of halogens is 2. The summed E-state index contributed by atoms with van der Waals surface area (Å²) in [4.78, 5) is 19.6. The Morgan fingerprint density at radius 2 is 1.81 bits per heavy atom. The molecule has 0 aliphatic heterocycles. The quantitative estimate of drug-likeness (QED) is 0.0898. The summed E-state index contributed by atoms with van der Waals surface area (Å²) in [5.74, 6) is 0.350. The maximum absolute atomic E-state index is 13.4. The Kier molecular flexibility index (Phi) is 10.7. The van der Waals surface area contributed by atoms with Crippen LogP contribution in [0.3, 0.4) is 0 Å². The molecule has 0 N–H and O–H groups in total. The molecular weight excluding hydrogens is 617 g/mol. The van der Waals surface area contributed by atoms with Crippen LogP contribution < -0.4 is 5.56 Å². The Labute approximate surface area is 259 Å².